The Morgan fingerprint density at radius 1 is 1.25 bits per heavy atom. The van der Waals surface area contributed by atoms with Gasteiger partial charge in [-0.05, 0) is 49.8 Å². The molecule has 0 bridgehead atoms. The molecule has 4 rings (SSSR count). The highest BCUT2D eigenvalue weighted by molar-refractivity contribution is 6.05. The van der Waals surface area contributed by atoms with Crippen LogP contribution < -0.4 is 10.1 Å². The molecule has 0 atom stereocenters. The molecule has 1 amide bonds. The van der Waals surface area contributed by atoms with E-state index in [4.69, 9.17) is 9.84 Å². The Morgan fingerprint density at radius 2 is 2.04 bits per heavy atom. The molecule has 1 aliphatic carbocycles. The zero-order valence-electron chi connectivity index (χ0n) is 16.0. The summed E-state index contributed by atoms with van der Waals surface area (Å²) in [5.41, 5.74) is 1.49. The minimum absolute atomic E-state index is 0.135. The summed E-state index contributed by atoms with van der Waals surface area (Å²) in [6.07, 6.45) is 7.75. The first-order valence-corrected chi connectivity index (χ1v) is 9.53. The van der Waals surface area contributed by atoms with Crippen molar-refractivity contribution in [3.05, 3.63) is 48.2 Å². The fourth-order valence-electron chi connectivity index (χ4n) is 3.73. The van der Waals surface area contributed by atoms with Gasteiger partial charge in [0, 0.05) is 17.6 Å². The van der Waals surface area contributed by atoms with Crippen molar-refractivity contribution in [2.45, 2.75) is 38.6 Å². The van der Waals surface area contributed by atoms with Crippen molar-refractivity contribution >= 4 is 22.5 Å². The number of halogens is 1. The summed E-state index contributed by atoms with van der Waals surface area (Å²) < 4.78 is 20.5. The Morgan fingerprint density at radius 3 is 2.71 bits per heavy atom. The Hall–Kier alpha value is -2.96. The summed E-state index contributed by atoms with van der Waals surface area (Å²) >= 11 is 0. The molecule has 2 heterocycles. The average molecular weight is 382 g/mol. The number of carbonyl (C=O) groups is 1. The van der Waals surface area contributed by atoms with E-state index in [0.717, 1.165) is 35.9 Å². The van der Waals surface area contributed by atoms with Crippen molar-refractivity contribution in [1.82, 2.24) is 14.8 Å². The summed E-state index contributed by atoms with van der Waals surface area (Å²) in [6, 6.07) is 6.64. The maximum Gasteiger partial charge on any atom is 0.274 e. The fourth-order valence-corrected chi connectivity index (χ4v) is 3.73. The van der Waals surface area contributed by atoms with Gasteiger partial charge in [0.25, 0.3) is 5.91 Å². The van der Waals surface area contributed by atoms with Crippen LogP contribution in [0, 0.1) is 11.7 Å². The Kier molecular flexibility index (Phi) is 4.98. The highest BCUT2D eigenvalue weighted by atomic mass is 19.1. The Labute approximate surface area is 162 Å². The summed E-state index contributed by atoms with van der Waals surface area (Å²) in [5, 5.41) is 8.46. The van der Waals surface area contributed by atoms with Gasteiger partial charge in [0.05, 0.1) is 30.6 Å². The van der Waals surface area contributed by atoms with E-state index < -0.39 is 11.7 Å². The molecule has 3 aromatic rings. The largest absolute Gasteiger partial charge is 0.494 e. The van der Waals surface area contributed by atoms with Crippen LogP contribution in [-0.2, 0) is 0 Å². The normalized spacial score (nSPS) is 19.5. The number of pyridine rings is 1. The van der Waals surface area contributed by atoms with Crippen LogP contribution in [0.3, 0.4) is 0 Å². The molecule has 0 radical (unpaired) electrons. The van der Waals surface area contributed by atoms with E-state index >= 15 is 0 Å². The number of nitrogens with one attached hydrogen (secondary N) is 1. The molecular weight excluding hydrogens is 359 g/mol. The lowest BCUT2D eigenvalue weighted by molar-refractivity contribution is 0.102. The number of rotatable bonds is 4. The fraction of sp³-hybridized carbons (Fsp3) is 0.381. The minimum atomic E-state index is -0.486. The molecular formula is C21H23FN4O2. The van der Waals surface area contributed by atoms with Crippen molar-refractivity contribution in [1.29, 1.82) is 0 Å². The third-order valence-electron chi connectivity index (χ3n) is 5.41. The van der Waals surface area contributed by atoms with Gasteiger partial charge >= 0.3 is 0 Å². The van der Waals surface area contributed by atoms with Gasteiger partial charge in [-0.25, -0.2) is 9.37 Å². The number of anilines is 1. The molecule has 7 heteroatoms. The zero-order valence-corrected chi connectivity index (χ0v) is 16.0. The number of nitrogens with zero attached hydrogens (tertiary/aromatic N) is 3. The summed E-state index contributed by atoms with van der Waals surface area (Å²) in [7, 11) is 1.55. The number of fused-ring (bicyclic) bond motifs is 1. The molecule has 0 aliphatic heterocycles. The van der Waals surface area contributed by atoms with Crippen LogP contribution in [0.5, 0.6) is 5.75 Å². The Bertz CT molecular complexity index is 992. The number of amides is 1. The molecule has 1 aliphatic rings. The lowest BCUT2D eigenvalue weighted by atomic mass is 9.87. The van der Waals surface area contributed by atoms with Gasteiger partial charge in [-0.2, -0.15) is 5.10 Å². The van der Waals surface area contributed by atoms with E-state index in [1.807, 2.05) is 23.0 Å². The first kappa shape index (κ1) is 18.4. The highest BCUT2D eigenvalue weighted by Crippen LogP contribution is 2.34. The standard InChI is InChI=1S/C21H23FN4O2/c1-13-3-6-16(7-4-13)26-12-14-9-19(20(28-2)10-18(14)25-26)24-21(27)17-8-5-15(22)11-23-17/h5,8-13,16H,3-4,6-7H2,1-2H3,(H,24,27). The van der Waals surface area contributed by atoms with E-state index in [0.29, 0.717) is 17.5 Å². The first-order chi connectivity index (χ1) is 13.5. The smallest absolute Gasteiger partial charge is 0.274 e. The topological polar surface area (TPSA) is 69.0 Å². The van der Waals surface area contributed by atoms with Crippen LogP contribution in [-0.4, -0.2) is 27.8 Å². The number of aromatic nitrogens is 3. The minimum Gasteiger partial charge on any atom is -0.494 e. The molecule has 1 saturated carbocycles. The van der Waals surface area contributed by atoms with Crippen LogP contribution in [0.2, 0.25) is 0 Å². The van der Waals surface area contributed by atoms with Gasteiger partial charge in [0.1, 0.15) is 17.3 Å². The molecule has 146 valence electrons. The molecule has 1 aromatic carbocycles. The van der Waals surface area contributed by atoms with Gasteiger partial charge in [-0.1, -0.05) is 6.92 Å². The highest BCUT2D eigenvalue weighted by Gasteiger charge is 2.21. The van der Waals surface area contributed by atoms with E-state index in [9.17, 15) is 9.18 Å². The van der Waals surface area contributed by atoms with Crippen molar-refractivity contribution in [3.8, 4) is 5.75 Å². The molecule has 28 heavy (non-hydrogen) atoms. The number of hydrogen-bond acceptors (Lipinski definition) is 4. The molecule has 0 spiro atoms. The number of carbonyl (C=O) groups excluding carboxylic acids is 1. The van der Waals surface area contributed by atoms with Crippen molar-refractivity contribution in [3.63, 3.8) is 0 Å². The second-order valence-corrected chi connectivity index (χ2v) is 7.45. The molecule has 0 saturated heterocycles. The van der Waals surface area contributed by atoms with Gasteiger partial charge in [0.2, 0.25) is 0 Å². The van der Waals surface area contributed by atoms with Crippen molar-refractivity contribution in [2.24, 2.45) is 5.92 Å². The molecule has 2 aromatic heterocycles. The monoisotopic (exact) mass is 382 g/mol. The Balaban J connectivity index is 1.61. The third kappa shape index (κ3) is 3.69. The second-order valence-electron chi connectivity index (χ2n) is 7.45. The maximum atomic E-state index is 13.0. The van der Waals surface area contributed by atoms with E-state index in [1.54, 1.807) is 7.11 Å². The number of hydrogen-bond donors (Lipinski definition) is 1. The number of ether oxygens (including phenoxy) is 1. The lowest BCUT2D eigenvalue weighted by Gasteiger charge is -2.26. The summed E-state index contributed by atoms with van der Waals surface area (Å²) in [6.45, 7) is 2.30. The molecule has 1 N–H and O–H groups in total. The predicted molar refractivity (Wildman–Crippen MR) is 105 cm³/mol. The van der Waals surface area contributed by atoms with E-state index in [2.05, 4.69) is 17.2 Å². The van der Waals surface area contributed by atoms with Crippen LogP contribution in [0.25, 0.3) is 10.9 Å². The summed E-state index contributed by atoms with van der Waals surface area (Å²) in [5.74, 6) is 0.389. The van der Waals surface area contributed by atoms with Crippen LogP contribution in [0.4, 0.5) is 10.1 Å². The third-order valence-corrected chi connectivity index (χ3v) is 5.41. The average Bonchev–Trinajstić information content (AvgIpc) is 3.11. The summed E-state index contributed by atoms with van der Waals surface area (Å²) in [4.78, 5) is 16.3. The lowest BCUT2D eigenvalue weighted by Crippen LogP contribution is -2.16. The van der Waals surface area contributed by atoms with Gasteiger partial charge < -0.3 is 10.1 Å². The van der Waals surface area contributed by atoms with Gasteiger partial charge in [-0.3, -0.25) is 9.48 Å². The predicted octanol–water partition coefficient (Wildman–Crippen LogP) is 4.58. The molecule has 1 fully saturated rings. The second kappa shape index (κ2) is 7.58. The van der Waals surface area contributed by atoms with Crippen LogP contribution in [0.1, 0.15) is 49.1 Å². The quantitative estimate of drug-likeness (QED) is 0.717. The van der Waals surface area contributed by atoms with E-state index in [1.165, 1.54) is 25.0 Å². The van der Waals surface area contributed by atoms with Crippen LogP contribution in [0.15, 0.2) is 36.7 Å². The van der Waals surface area contributed by atoms with Crippen LogP contribution >= 0.6 is 0 Å². The number of methoxy groups -OCH3 is 1. The first-order valence-electron chi connectivity index (χ1n) is 9.53. The van der Waals surface area contributed by atoms with Crippen molar-refractivity contribution < 1.29 is 13.9 Å². The zero-order chi connectivity index (χ0) is 19.7. The van der Waals surface area contributed by atoms with Gasteiger partial charge in [-0.15, -0.1) is 0 Å². The SMILES string of the molecule is COc1cc2nn(C3CCC(C)CC3)cc2cc1NC(=O)c1ccc(F)cn1. The molecule has 6 nitrogen and oxygen atoms in total. The number of benzene rings is 1. The van der Waals surface area contributed by atoms with Crippen molar-refractivity contribution in [2.75, 3.05) is 12.4 Å². The van der Waals surface area contributed by atoms with Gasteiger partial charge in [0.15, 0.2) is 0 Å². The van der Waals surface area contributed by atoms with E-state index in [-0.39, 0.29) is 5.69 Å². The molecule has 0 unspecified atom stereocenters. The maximum absolute atomic E-state index is 13.0.